The smallest absolute Gasteiger partial charge is 0.251 e. The maximum atomic E-state index is 12.2. The molecule has 34 heavy (non-hydrogen) atoms. The Bertz CT molecular complexity index is 1260. The highest BCUT2D eigenvalue weighted by molar-refractivity contribution is 6.32. The monoisotopic (exact) mass is 495 g/mol. The number of imidazole rings is 1. The van der Waals surface area contributed by atoms with Crippen LogP contribution in [0.5, 0.6) is 5.75 Å². The summed E-state index contributed by atoms with van der Waals surface area (Å²) in [7, 11) is 0. The minimum Gasteiger partial charge on any atom is -0.490 e. The minimum atomic E-state index is -0.0946. The molecular weight excluding hydrogens is 469 g/mol. The molecule has 1 N–H and O–H groups in total. The van der Waals surface area contributed by atoms with E-state index in [1.807, 2.05) is 42.5 Å². The predicted octanol–water partition coefficient (Wildman–Crippen LogP) is 6.56. The van der Waals surface area contributed by atoms with E-state index in [0.717, 1.165) is 42.5 Å². The summed E-state index contributed by atoms with van der Waals surface area (Å²) in [4.78, 5) is 17.1. The second kappa shape index (κ2) is 11.9. The Hall–Kier alpha value is -3.02. The van der Waals surface area contributed by atoms with Crippen molar-refractivity contribution >= 4 is 40.1 Å². The van der Waals surface area contributed by atoms with Crippen molar-refractivity contribution in [3.8, 4) is 5.75 Å². The number of fused-ring (bicyclic) bond motifs is 1. The van der Waals surface area contributed by atoms with E-state index in [9.17, 15) is 4.79 Å². The van der Waals surface area contributed by atoms with Gasteiger partial charge in [-0.25, -0.2) is 4.98 Å². The van der Waals surface area contributed by atoms with E-state index in [-0.39, 0.29) is 5.91 Å². The van der Waals surface area contributed by atoms with Gasteiger partial charge in [-0.1, -0.05) is 60.0 Å². The quantitative estimate of drug-likeness (QED) is 0.239. The molecule has 1 aromatic heterocycles. The number of amides is 1. The molecule has 0 aliphatic rings. The Morgan fingerprint density at radius 2 is 1.76 bits per heavy atom. The molecule has 176 valence electrons. The molecule has 0 aliphatic heterocycles. The van der Waals surface area contributed by atoms with Crippen LogP contribution in [0.25, 0.3) is 11.0 Å². The van der Waals surface area contributed by atoms with Gasteiger partial charge < -0.3 is 14.6 Å². The molecule has 0 fully saturated rings. The first-order chi connectivity index (χ1) is 16.6. The van der Waals surface area contributed by atoms with E-state index in [1.54, 1.807) is 24.3 Å². The lowest BCUT2D eigenvalue weighted by Gasteiger charge is -2.12. The number of halogens is 2. The van der Waals surface area contributed by atoms with Gasteiger partial charge in [0.2, 0.25) is 0 Å². The van der Waals surface area contributed by atoms with Gasteiger partial charge in [0.25, 0.3) is 5.91 Å². The van der Waals surface area contributed by atoms with Crippen LogP contribution < -0.4 is 10.1 Å². The van der Waals surface area contributed by atoms with Crippen LogP contribution in [0.15, 0.2) is 72.8 Å². The third kappa shape index (κ3) is 6.31. The number of aryl methyl sites for hydroxylation is 1. The molecular formula is C27H27Cl2N3O2. The molecule has 0 spiro atoms. The lowest BCUT2D eigenvalue weighted by atomic mass is 10.1. The van der Waals surface area contributed by atoms with Gasteiger partial charge in [-0.2, -0.15) is 0 Å². The first-order valence-electron chi connectivity index (χ1n) is 11.5. The van der Waals surface area contributed by atoms with Gasteiger partial charge in [0.05, 0.1) is 22.6 Å². The number of hydrogen-bond donors (Lipinski definition) is 1. The van der Waals surface area contributed by atoms with Gasteiger partial charge in [-0.05, 0) is 55.3 Å². The zero-order chi connectivity index (χ0) is 23.8. The van der Waals surface area contributed by atoms with Crippen molar-refractivity contribution in [3.63, 3.8) is 0 Å². The lowest BCUT2D eigenvalue weighted by Crippen LogP contribution is -2.24. The highest BCUT2D eigenvalue weighted by atomic mass is 35.5. The Morgan fingerprint density at radius 3 is 2.62 bits per heavy atom. The number of benzene rings is 3. The van der Waals surface area contributed by atoms with Crippen molar-refractivity contribution in [2.45, 2.75) is 32.2 Å². The van der Waals surface area contributed by atoms with Crippen LogP contribution in [-0.2, 0) is 13.0 Å². The molecule has 0 radical (unpaired) electrons. The van der Waals surface area contributed by atoms with Crippen LogP contribution in [0.2, 0.25) is 10.0 Å². The fourth-order valence-electron chi connectivity index (χ4n) is 3.89. The average molecular weight is 496 g/mol. The number of rotatable bonds is 11. The number of para-hydroxylation sites is 3. The zero-order valence-corrected chi connectivity index (χ0v) is 20.4. The Morgan fingerprint density at radius 1 is 0.941 bits per heavy atom. The van der Waals surface area contributed by atoms with E-state index in [0.29, 0.717) is 41.1 Å². The van der Waals surface area contributed by atoms with Gasteiger partial charge in [0, 0.05) is 23.6 Å². The first-order valence-corrected chi connectivity index (χ1v) is 12.2. The maximum absolute atomic E-state index is 12.2. The number of carbonyl (C=O) groups is 1. The van der Waals surface area contributed by atoms with Crippen LogP contribution in [0.3, 0.4) is 0 Å². The van der Waals surface area contributed by atoms with Crippen molar-refractivity contribution in [2.75, 3.05) is 13.2 Å². The van der Waals surface area contributed by atoms with Crippen LogP contribution >= 0.6 is 23.2 Å². The molecule has 5 nitrogen and oxygen atoms in total. The van der Waals surface area contributed by atoms with Gasteiger partial charge >= 0.3 is 0 Å². The second-order valence-corrected chi connectivity index (χ2v) is 8.87. The molecule has 0 atom stereocenters. The largest absolute Gasteiger partial charge is 0.490 e. The van der Waals surface area contributed by atoms with E-state index >= 15 is 0 Å². The predicted molar refractivity (Wildman–Crippen MR) is 138 cm³/mol. The highest BCUT2D eigenvalue weighted by Crippen LogP contribution is 2.24. The standard InChI is InChI=1S/C27H27Cl2N3O2/c28-21-10-8-9-20(19-21)27(33)30-16-7-1-2-15-26-31-23-12-4-5-13-24(23)32(26)17-18-34-25-14-6-3-11-22(25)29/h3-6,8-14,19H,1-2,7,15-18H2,(H,30,33). The summed E-state index contributed by atoms with van der Waals surface area (Å²) in [5.41, 5.74) is 2.68. The third-order valence-electron chi connectivity index (χ3n) is 5.59. The fraction of sp³-hybridized carbons (Fsp3) is 0.259. The topological polar surface area (TPSA) is 56.2 Å². The van der Waals surface area contributed by atoms with Crippen molar-refractivity contribution < 1.29 is 9.53 Å². The van der Waals surface area contributed by atoms with Gasteiger partial charge in [-0.15, -0.1) is 0 Å². The van der Waals surface area contributed by atoms with Crippen LogP contribution in [-0.4, -0.2) is 28.6 Å². The number of nitrogens with zero attached hydrogens (tertiary/aromatic N) is 2. The van der Waals surface area contributed by atoms with Gasteiger partial charge in [0.15, 0.2) is 0 Å². The summed E-state index contributed by atoms with van der Waals surface area (Å²) in [6.07, 6.45) is 3.75. The molecule has 4 aromatic rings. The Balaban J connectivity index is 1.28. The highest BCUT2D eigenvalue weighted by Gasteiger charge is 2.11. The number of nitrogens with one attached hydrogen (secondary N) is 1. The van der Waals surface area contributed by atoms with Crippen molar-refractivity contribution in [2.24, 2.45) is 0 Å². The number of unbranched alkanes of at least 4 members (excludes halogenated alkanes) is 2. The first kappa shape index (κ1) is 24.1. The molecule has 0 bridgehead atoms. The van der Waals surface area contributed by atoms with Crippen LogP contribution in [0, 0.1) is 0 Å². The summed E-state index contributed by atoms with van der Waals surface area (Å²) in [6, 6.07) is 22.6. The molecule has 1 amide bonds. The molecule has 0 aliphatic carbocycles. The van der Waals surface area contributed by atoms with Crippen molar-refractivity contribution in [1.82, 2.24) is 14.9 Å². The van der Waals surface area contributed by atoms with Crippen molar-refractivity contribution in [3.05, 3.63) is 94.2 Å². The van der Waals surface area contributed by atoms with Gasteiger partial charge in [0.1, 0.15) is 18.2 Å². The van der Waals surface area contributed by atoms with E-state index in [2.05, 4.69) is 16.0 Å². The number of hydrogen-bond acceptors (Lipinski definition) is 3. The molecule has 3 aromatic carbocycles. The van der Waals surface area contributed by atoms with E-state index in [4.69, 9.17) is 32.9 Å². The molecule has 7 heteroatoms. The van der Waals surface area contributed by atoms with E-state index < -0.39 is 0 Å². The fourth-order valence-corrected chi connectivity index (χ4v) is 4.27. The summed E-state index contributed by atoms with van der Waals surface area (Å²) in [5.74, 6) is 1.64. The zero-order valence-electron chi connectivity index (χ0n) is 18.8. The van der Waals surface area contributed by atoms with Crippen molar-refractivity contribution in [1.29, 1.82) is 0 Å². The second-order valence-electron chi connectivity index (χ2n) is 8.02. The Labute approximate surface area is 209 Å². The minimum absolute atomic E-state index is 0.0946. The number of carbonyl (C=O) groups excluding carboxylic acids is 1. The summed E-state index contributed by atoms with van der Waals surface area (Å²) >= 11 is 12.2. The number of aromatic nitrogens is 2. The maximum Gasteiger partial charge on any atom is 0.251 e. The molecule has 0 unspecified atom stereocenters. The van der Waals surface area contributed by atoms with Crippen LogP contribution in [0.1, 0.15) is 35.4 Å². The number of ether oxygens (including phenoxy) is 1. The van der Waals surface area contributed by atoms with Gasteiger partial charge in [-0.3, -0.25) is 4.79 Å². The summed E-state index contributed by atoms with van der Waals surface area (Å²) < 4.78 is 8.14. The molecule has 4 rings (SSSR count). The summed E-state index contributed by atoms with van der Waals surface area (Å²) in [6.45, 7) is 1.83. The SMILES string of the molecule is O=C(NCCCCCc1nc2ccccc2n1CCOc1ccccc1Cl)c1cccc(Cl)c1. The average Bonchev–Trinajstić information content (AvgIpc) is 3.19. The summed E-state index contributed by atoms with van der Waals surface area (Å²) in [5, 5.41) is 4.13. The molecule has 0 saturated heterocycles. The third-order valence-corrected chi connectivity index (χ3v) is 6.14. The van der Waals surface area contributed by atoms with E-state index in [1.165, 1.54) is 0 Å². The van der Waals surface area contributed by atoms with Crippen LogP contribution in [0.4, 0.5) is 0 Å². The normalized spacial score (nSPS) is 11.0. The lowest BCUT2D eigenvalue weighted by molar-refractivity contribution is 0.0953. The Kier molecular flexibility index (Phi) is 8.45. The molecule has 0 saturated carbocycles. The molecule has 1 heterocycles.